The lowest BCUT2D eigenvalue weighted by molar-refractivity contribution is -0.113. The molecule has 0 bridgehead atoms. The normalized spacial score (nSPS) is 14.3. The number of benzene rings is 2. The minimum atomic E-state index is -0.171. The molecule has 1 N–H and O–H groups in total. The molecule has 0 unspecified atom stereocenters. The van der Waals surface area contributed by atoms with E-state index in [2.05, 4.69) is 20.4 Å². The van der Waals surface area contributed by atoms with Gasteiger partial charge in [-0.15, -0.1) is 10.2 Å². The number of nitrogens with zero attached hydrogens (tertiary/aromatic N) is 6. The lowest BCUT2D eigenvalue weighted by Crippen LogP contribution is -2.36. The SMILES string of the molecule is CCn1c(=O)n(CC)c2cc(NC(=O)CSc3nnc(CN4CCOCC4)n3-c3ccc(Cl)cc3)ccc21. The van der Waals surface area contributed by atoms with Crippen molar-refractivity contribution in [3.05, 3.63) is 63.8 Å². The standard InChI is InChI=1S/C26H30ClN7O3S/c1-3-32-21-10-7-19(15-22(21)33(4-2)26(32)36)28-24(35)17-38-25-30-29-23(16-31-11-13-37-14-12-31)34(25)20-8-5-18(27)6-9-20/h5-10,15H,3-4,11-14,16-17H2,1-2H3,(H,28,35). The molecule has 2 aromatic carbocycles. The lowest BCUT2D eigenvalue weighted by atomic mass is 10.2. The van der Waals surface area contributed by atoms with Gasteiger partial charge < -0.3 is 10.1 Å². The van der Waals surface area contributed by atoms with Crippen molar-refractivity contribution in [1.29, 1.82) is 0 Å². The van der Waals surface area contributed by atoms with Crippen LogP contribution < -0.4 is 11.0 Å². The van der Waals surface area contributed by atoms with Crippen LogP contribution in [0.2, 0.25) is 5.02 Å². The number of imidazole rings is 1. The van der Waals surface area contributed by atoms with Crippen LogP contribution >= 0.6 is 23.4 Å². The van der Waals surface area contributed by atoms with E-state index in [4.69, 9.17) is 16.3 Å². The Morgan fingerprint density at radius 3 is 2.45 bits per heavy atom. The lowest BCUT2D eigenvalue weighted by Gasteiger charge is -2.26. The Morgan fingerprint density at radius 2 is 1.74 bits per heavy atom. The number of hydrogen-bond acceptors (Lipinski definition) is 7. The molecule has 3 heterocycles. The number of rotatable bonds is 9. The van der Waals surface area contributed by atoms with Crippen LogP contribution in [0.25, 0.3) is 16.7 Å². The smallest absolute Gasteiger partial charge is 0.329 e. The van der Waals surface area contributed by atoms with E-state index in [0.29, 0.717) is 48.7 Å². The van der Waals surface area contributed by atoms with Crippen molar-refractivity contribution >= 4 is 46.0 Å². The van der Waals surface area contributed by atoms with E-state index in [9.17, 15) is 9.59 Å². The summed E-state index contributed by atoms with van der Waals surface area (Å²) in [5.74, 6) is 0.772. The zero-order chi connectivity index (χ0) is 26.6. The molecule has 1 aliphatic heterocycles. The van der Waals surface area contributed by atoms with Gasteiger partial charge in [-0.25, -0.2) is 4.79 Å². The fourth-order valence-corrected chi connectivity index (χ4v) is 5.54. The molecule has 200 valence electrons. The average Bonchev–Trinajstić information content (AvgIpc) is 3.44. The van der Waals surface area contributed by atoms with Crippen LogP contribution in [0.15, 0.2) is 52.4 Å². The summed E-state index contributed by atoms with van der Waals surface area (Å²) in [5.41, 5.74) is 3.15. The summed E-state index contributed by atoms with van der Waals surface area (Å²) in [7, 11) is 0. The Labute approximate surface area is 229 Å². The average molecular weight is 556 g/mol. The highest BCUT2D eigenvalue weighted by Gasteiger charge is 2.20. The molecule has 38 heavy (non-hydrogen) atoms. The number of anilines is 1. The van der Waals surface area contributed by atoms with Gasteiger partial charge in [-0.3, -0.25) is 23.4 Å². The topological polar surface area (TPSA) is 99.2 Å². The van der Waals surface area contributed by atoms with E-state index in [-0.39, 0.29) is 17.3 Å². The van der Waals surface area contributed by atoms with Crippen LogP contribution in [0, 0.1) is 0 Å². The third-order valence-corrected chi connectivity index (χ3v) is 7.70. The maximum atomic E-state index is 12.9. The molecule has 1 fully saturated rings. The first-order valence-corrected chi connectivity index (χ1v) is 14.0. The van der Waals surface area contributed by atoms with Gasteiger partial charge >= 0.3 is 5.69 Å². The zero-order valence-electron chi connectivity index (χ0n) is 21.4. The number of carbonyl (C=O) groups is 1. The third kappa shape index (κ3) is 5.51. The van der Waals surface area contributed by atoms with Crippen molar-refractivity contribution < 1.29 is 9.53 Å². The highest BCUT2D eigenvalue weighted by atomic mass is 35.5. The van der Waals surface area contributed by atoms with E-state index in [0.717, 1.165) is 35.6 Å². The second kappa shape index (κ2) is 11.7. The highest BCUT2D eigenvalue weighted by molar-refractivity contribution is 7.99. The van der Waals surface area contributed by atoms with E-state index in [1.54, 1.807) is 9.13 Å². The number of aryl methyl sites for hydroxylation is 2. The Bertz CT molecular complexity index is 1490. The molecule has 1 aliphatic rings. The van der Waals surface area contributed by atoms with Crippen molar-refractivity contribution in [2.24, 2.45) is 0 Å². The van der Waals surface area contributed by atoms with Crippen molar-refractivity contribution in [2.45, 2.75) is 38.6 Å². The predicted octanol–water partition coefficient (Wildman–Crippen LogP) is 3.64. The van der Waals surface area contributed by atoms with E-state index in [1.165, 1.54) is 11.8 Å². The summed E-state index contributed by atoms with van der Waals surface area (Å²) in [6, 6.07) is 13.1. The summed E-state index contributed by atoms with van der Waals surface area (Å²) in [5, 5.41) is 13.1. The molecule has 4 aromatic rings. The van der Waals surface area contributed by atoms with Crippen LogP contribution in [0.3, 0.4) is 0 Å². The first kappa shape index (κ1) is 26.5. The van der Waals surface area contributed by atoms with Gasteiger partial charge in [-0.05, 0) is 56.3 Å². The van der Waals surface area contributed by atoms with Gasteiger partial charge in [0.25, 0.3) is 0 Å². The minimum absolute atomic E-state index is 0.0431. The van der Waals surface area contributed by atoms with Gasteiger partial charge in [0.05, 0.1) is 36.5 Å². The molecule has 0 aliphatic carbocycles. The van der Waals surface area contributed by atoms with Gasteiger partial charge in [-0.1, -0.05) is 23.4 Å². The molecule has 10 nitrogen and oxygen atoms in total. The number of halogens is 1. The van der Waals surface area contributed by atoms with E-state index >= 15 is 0 Å². The van der Waals surface area contributed by atoms with Gasteiger partial charge in [0.15, 0.2) is 11.0 Å². The molecule has 1 amide bonds. The minimum Gasteiger partial charge on any atom is -0.379 e. The maximum Gasteiger partial charge on any atom is 0.329 e. The molecule has 0 saturated carbocycles. The van der Waals surface area contributed by atoms with Crippen LogP contribution in [0.1, 0.15) is 19.7 Å². The predicted molar refractivity (Wildman–Crippen MR) is 149 cm³/mol. The summed E-state index contributed by atoms with van der Waals surface area (Å²) in [4.78, 5) is 27.8. The van der Waals surface area contributed by atoms with Crippen molar-refractivity contribution in [3.8, 4) is 5.69 Å². The number of morpholine rings is 1. The second-order valence-electron chi connectivity index (χ2n) is 8.91. The fraction of sp³-hybridized carbons (Fsp3) is 0.385. The number of amides is 1. The van der Waals surface area contributed by atoms with Gasteiger partial charge in [0.2, 0.25) is 5.91 Å². The van der Waals surface area contributed by atoms with Crippen LogP contribution in [-0.2, 0) is 29.2 Å². The van der Waals surface area contributed by atoms with Crippen molar-refractivity contribution in [1.82, 2.24) is 28.8 Å². The molecule has 1 saturated heterocycles. The quantitative estimate of drug-likeness (QED) is 0.315. The molecular formula is C26H30ClN7O3S. The van der Waals surface area contributed by atoms with Crippen molar-refractivity contribution in [2.75, 3.05) is 37.4 Å². The monoisotopic (exact) mass is 555 g/mol. The van der Waals surface area contributed by atoms with Gasteiger partial charge in [0, 0.05) is 42.6 Å². The summed E-state index contributed by atoms with van der Waals surface area (Å²) in [6.45, 7) is 8.71. The van der Waals surface area contributed by atoms with Crippen LogP contribution in [-0.4, -0.2) is 66.8 Å². The number of fused-ring (bicyclic) bond motifs is 1. The zero-order valence-corrected chi connectivity index (χ0v) is 23.0. The van der Waals surface area contributed by atoms with E-state index < -0.39 is 0 Å². The van der Waals surface area contributed by atoms with Crippen molar-refractivity contribution in [3.63, 3.8) is 0 Å². The molecule has 0 radical (unpaired) electrons. The fourth-order valence-electron chi connectivity index (χ4n) is 4.64. The summed E-state index contributed by atoms with van der Waals surface area (Å²) >= 11 is 7.44. The number of hydrogen-bond donors (Lipinski definition) is 1. The first-order valence-electron chi connectivity index (χ1n) is 12.6. The molecule has 2 aromatic heterocycles. The molecular weight excluding hydrogens is 526 g/mol. The Kier molecular flexibility index (Phi) is 8.18. The second-order valence-corrected chi connectivity index (χ2v) is 10.3. The van der Waals surface area contributed by atoms with Gasteiger partial charge in [-0.2, -0.15) is 0 Å². The van der Waals surface area contributed by atoms with E-state index in [1.807, 2.05) is 60.9 Å². The highest BCUT2D eigenvalue weighted by Crippen LogP contribution is 2.25. The number of carbonyl (C=O) groups excluding carboxylic acids is 1. The molecule has 5 rings (SSSR count). The number of aromatic nitrogens is 5. The number of thioether (sulfide) groups is 1. The largest absolute Gasteiger partial charge is 0.379 e. The summed E-state index contributed by atoms with van der Waals surface area (Å²) < 4.78 is 10.9. The molecule has 12 heteroatoms. The third-order valence-electron chi connectivity index (χ3n) is 6.52. The molecule has 0 spiro atoms. The number of nitrogens with one attached hydrogen (secondary N) is 1. The van der Waals surface area contributed by atoms with Crippen LogP contribution in [0.4, 0.5) is 5.69 Å². The molecule has 0 atom stereocenters. The van der Waals surface area contributed by atoms with Gasteiger partial charge in [0.1, 0.15) is 0 Å². The van der Waals surface area contributed by atoms with Crippen LogP contribution in [0.5, 0.6) is 0 Å². The first-order chi connectivity index (χ1) is 18.5. The number of ether oxygens (including phenoxy) is 1. The Morgan fingerprint density at radius 1 is 1.03 bits per heavy atom. The Balaban J connectivity index is 1.33. The maximum absolute atomic E-state index is 12.9. The summed E-state index contributed by atoms with van der Waals surface area (Å²) in [6.07, 6.45) is 0. The Hall–Kier alpha value is -3.12.